The molecule has 0 saturated heterocycles. The predicted octanol–water partition coefficient (Wildman–Crippen LogP) is 2.11. The lowest BCUT2D eigenvalue weighted by molar-refractivity contribution is -0.116. The third-order valence-corrected chi connectivity index (χ3v) is 5.14. The Kier molecular flexibility index (Phi) is 4.59. The molecule has 0 unspecified atom stereocenters. The van der Waals surface area contributed by atoms with Crippen LogP contribution in [-0.4, -0.2) is 39.9 Å². The predicted molar refractivity (Wildman–Crippen MR) is 103 cm³/mol. The summed E-state index contributed by atoms with van der Waals surface area (Å²) in [7, 11) is -1.83. The maximum absolute atomic E-state index is 12.6. The smallest absolute Gasteiger partial charge is 0.245 e. The van der Waals surface area contributed by atoms with Crippen LogP contribution in [0.25, 0.3) is 11.0 Å². The Hall–Kier alpha value is -2.68. The van der Waals surface area contributed by atoms with Crippen LogP contribution in [0.1, 0.15) is 26.5 Å². The molecular formula is C18H23N5O3S. The minimum Gasteiger partial charge on any atom is -0.309 e. The van der Waals surface area contributed by atoms with Crippen molar-refractivity contribution >= 4 is 32.6 Å². The number of aryl methyl sites for hydroxylation is 1. The molecule has 2 heterocycles. The van der Waals surface area contributed by atoms with Crippen molar-refractivity contribution in [2.75, 3.05) is 11.6 Å². The topological polar surface area (TPSA) is 98.9 Å². The minimum atomic E-state index is -3.58. The van der Waals surface area contributed by atoms with Crippen molar-refractivity contribution in [3.63, 3.8) is 0 Å². The van der Waals surface area contributed by atoms with Crippen molar-refractivity contribution in [2.24, 2.45) is 7.05 Å². The molecule has 0 fully saturated rings. The fourth-order valence-corrected chi connectivity index (χ4v) is 3.59. The zero-order valence-corrected chi connectivity index (χ0v) is 16.8. The summed E-state index contributed by atoms with van der Waals surface area (Å²) >= 11 is 0. The molecule has 0 aliphatic rings. The fraction of sp³-hybridized carbons (Fsp3) is 0.389. The van der Waals surface area contributed by atoms with Crippen molar-refractivity contribution in [1.82, 2.24) is 19.3 Å². The number of sulfone groups is 1. The van der Waals surface area contributed by atoms with Crippen molar-refractivity contribution in [1.29, 1.82) is 0 Å². The molecule has 2 aromatic heterocycles. The molecule has 1 amide bonds. The van der Waals surface area contributed by atoms with Crippen LogP contribution in [0.3, 0.4) is 0 Å². The van der Waals surface area contributed by atoms with Gasteiger partial charge in [-0.2, -0.15) is 5.10 Å². The van der Waals surface area contributed by atoms with E-state index < -0.39 is 9.84 Å². The molecule has 0 atom stereocenters. The lowest BCUT2D eigenvalue weighted by atomic mass is 9.92. The Labute approximate surface area is 158 Å². The summed E-state index contributed by atoms with van der Waals surface area (Å²) in [5.74, 6) is 0.196. The van der Waals surface area contributed by atoms with E-state index in [2.05, 4.69) is 15.4 Å². The molecule has 3 rings (SSSR count). The lowest BCUT2D eigenvalue weighted by Gasteiger charge is -2.13. The number of nitrogens with zero attached hydrogens (tertiary/aromatic N) is 4. The van der Waals surface area contributed by atoms with Crippen molar-refractivity contribution in [3.8, 4) is 0 Å². The average Bonchev–Trinajstić information content (AvgIpc) is 3.09. The number of rotatable bonds is 4. The Bertz CT molecular complexity index is 1120. The molecule has 3 aromatic rings. The van der Waals surface area contributed by atoms with Gasteiger partial charge in [-0.3, -0.25) is 9.48 Å². The largest absolute Gasteiger partial charge is 0.309 e. The SMILES string of the molecule is Cn1nc(C(C)(C)C)cc1NC(=O)Cn1c(S(C)(=O)=O)nc2ccccc21. The summed E-state index contributed by atoms with van der Waals surface area (Å²) in [6.07, 6.45) is 1.08. The summed E-state index contributed by atoms with van der Waals surface area (Å²) in [5, 5.41) is 7.10. The van der Waals surface area contributed by atoms with Gasteiger partial charge in [0, 0.05) is 24.8 Å². The van der Waals surface area contributed by atoms with E-state index in [1.165, 1.54) is 4.57 Å². The number of carbonyl (C=O) groups is 1. The van der Waals surface area contributed by atoms with Crippen LogP contribution in [0.5, 0.6) is 0 Å². The van der Waals surface area contributed by atoms with E-state index in [4.69, 9.17) is 0 Å². The van der Waals surface area contributed by atoms with Gasteiger partial charge in [0.2, 0.25) is 20.9 Å². The van der Waals surface area contributed by atoms with Crippen LogP contribution < -0.4 is 5.32 Å². The van der Waals surface area contributed by atoms with E-state index in [1.807, 2.05) is 26.8 Å². The van der Waals surface area contributed by atoms with Gasteiger partial charge < -0.3 is 9.88 Å². The molecule has 1 aromatic carbocycles. The fourth-order valence-electron chi connectivity index (χ4n) is 2.77. The summed E-state index contributed by atoms with van der Waals surface area (Å²) in [4.78, 5) is 16.8. The number of fused-ring (bicyclic) bond motifs is 1. The number of aromatic nitrogens is 4. The van der Waals surface area contributed by atoms with Gasteiger partial charge in [-0.15, -0.1) is 0 Å². The van der Waals surface area contributed by atoms with Crippen LogP contribution in [0.2, 0.25) is 0 Å². The highest BCUT2D eigenvalue weighted by Crippen LogP contribution is 2.24. The molecule has 0 aliphatic heterocycles. The number of anilines is 1. The quantitative estimate of drug-likeness (QED) is 0.737. The minimum absolute atomic E-state index is 0.126. The number of imidazole rings is 1. The number of nitrogens with one attached hydrogen (secondary N) is 1. The van der Waals surface area contributed by atoms with E-state index in [0.29, 0.717) is 16.9 Å². The standard InChI is InChI=1S/C18H23N5O3S/c1-18(2,3)14-10-15(22(4)21-14)20-16(24)11-23-13-9-7-6-8-12(13)19-17(23)27(5,25)26/h6-10H,11H2,1-5H3,(H,20,24). The molecule has 0 radical (unpaired) electrons. The third kappa shape index (κ3) is 3.87. The lowest BCUT2D eigenvalue weighted by Crippen LogP contribution is -2.22. The second kappa shape index (κ2) is 6.49. The highest BCUT2D eigenvalue weighted by atomic mass is 32.2. The first-order chi connectivity index (χ1) is 12.5. The van der Waals surface area contributed by atoms with Crippen molar-refractivity contribution < 1.29 is 13.2 Å². The summed E-state index contributed by atoms with van der Waals surface area (Å²) in [6.45, 7) is 5.95. The molecule has 1 N–H and O–H groups in total. The molecule has 0 bridgehead atoms. The third-order valence-electron chi connectivity index (χ3n) is 4.17. The molecule has 0 aliphatic carbocycles. The van der Waals surface area contributed by atoms with Gasteiger partial charge in [0.05, 0.1) is 16.7 Å². The Balaban J connectivity index is 1.92. The van der Waals surface area contributed by atoms with Crippen LogP contribution in [0, 0.1) is 0 Å². The average molecular weight is 389 g/mol. The number of benzene rings is 1. The first kappa shape index (κ1) is 19.1. The second-order valence-electron chi connectivity index (χ2n) is 7.58. The van der Waals surface area contributed by atoms with E-state index >= 15 is 0 Å². The monoisotopic (exact) mass is 389 g/mol. The first-order valence-corrected chi connectivity index (χ1v) is 10.4. The van der Waals surface area contributed by atoms with Crippen LogP contribution in [-0.2, 0) is 33.6 Å². The van der Waals surface area contributed by atoms with Gasteiger partial charge >= 0.3 is 0 Å². The van der Waals surface area contributed by atoms with Crippen molar-refractivity contribution in [3.05, 3.63) is 36.0 Å². The zero-order chi connectivity index (χ0) is 20.0. The van der Waals surface area contributed by atoms with Crippen LogP contribution in [0.4, 0.5) is 5.82 Å². The molecule has 8 nitrogen and oxygen atoms in total. The molecule has 0 saturated carbocycles. The molecule has 0 spiro atoms. The van der Waals surface area contributed by atoms with E-state index in [1.54, 1.807) is 36.0 Å². The highest BCUT2D eigenvalue weighted by Gasteiger charge is 2.23. The Morgan fingerprint density at radius 3 is 2.48 bits per heavy atom. The summed E-state index contributed by atoms with van der Waals surface area (Å²) < 4.78 is 27.2. The van der Waals surface area contributed by atoms with Crippen molar-refractivity contribution in [2.45, 2.75) is 37.9 Å². The zero-order valence-electron chi connectivity index (χ0n) is 16.0. The van der Waals surface area contributed by atoms with E-state index in [9.17, 15) is 13.2 Å². The molecular weight excluding hydrogens is 366 g/mol. The second-order valence-corrected chi connectivity index (χ2v) is 9.49. The maximum atomic E-state index is 12.6. The maximum Gasteiger partial charge on any atom is 0.245 e. The normalized spacial score (nSPS) is 12.5. The van der Waals surface area contributed by atoms with Crippen LogP contribution in [0.15, 0.2) is 35.5 Å². The number of hydrogen-bond acceptors (Lipinski definition) is 5. The number of carbonyl (C=O) groups excluding carboxylic acids is 1. The summed E-state index contributed by atoms with van der Waals surface area (Å²) in [6, 6.07) is 8.83. The number of amides is 1. The van der Waals surface area contributed by atoms with Gasteiger partial charge in [0.25, 0.3) is 0 Å². The van der Waals surface area contributed by atoms with Gasteiger partial charge in [-0.05, 0) is 12.1 Å². The van der Waals surface area contributed by atoms with Gasteiger partial charge in [-0.25, -0.2) is 13.4 Å². The van der Waals surface area contributed by atoms with Gasteiger partial charge in [0.1, 0.15) is 12.4 Å². The number of hydrogen-bond donors (Lipinski definition) is 1. The first-order valence-electron chi connectivity index (χ1n) is 8.46. The highest BCUT2D eigenvalue weighted by molar-refractivity contribution is 7.90. The summed E-state index contributed by atoms with van der Waals surface area (Å²) in [5.41, 5.74) is 1.82. The Morgan fingerprint density at radius 2 is 1.89 bits per heavy atom. The van der Waals surface area contributed by atoms with Gasteiger partial charge in [-0.1, -0.05) is 32.9 Å². The molecule has 9 heteroatoms. The van der Waals surface area contributed by atoms with E-state index in [-0.39, 0.29) is 23.0 Å². The Morgan fingerprint density at radius 1 is 1.22 bits per heavy atom. The number of para-hydroxylation sites is 2. The van der Waals surface area contributed by atoms with Gasteiger partial charge in [0.15, 0.2) is 0 Å². The molecule has 144 valence electrons. The molecule has 27 heavy (non-hydrogen) atoms. The van der Waals surface area contributed by atoms with Crippen LogP contribution >= 0.6 is 0 Å². The van der Waals surface area contributed by atoms with E-state index in [0.717, 1.165) is 11.9 Å².